The number of imidazole rings is 1. The lowest BCUT2D eigenvalue weighted by atomic mass is 9.96. The number of fused-ring (bicyclic) bond motifs is 1. The van der Waals surface area contributed by atoms with Gasteiger partial charge in [0.2, 0.25) is 0 Å². The van der Waals surface area contributed by atoms with Crippen LogP contribution >= 0.6 is 0 Å². The number of nitrogens with one attached hydrogen (secondary N) is 1. The zero-order valence-electron chi connectivity index (χ0n) is 25.6. The maximum absolute atomic E-state index is 5.02. The SMILES string of the molecule is Cc1nc2ccccc2n1-c1cccc(-c2ccc(-c3ccc(C4=NC(c5ccccc5)=NC(C5C=CC=CC5)N4)cc3)cc2)c1. The summed E-state index contributed by atoms with van der Waals surface area (Å²) in [6.45, 7) is 2.06. The zero-order valence-corrected chi connectivity index (χ0v) is 25.6. The van der Waals surface area contributed by atoms with Crippen molar-refractivity contribution in [3.05, 3.63) is 169 Å². The second kappa shape index (κ2) is 11.9. The van der Waals surface area contributed by atoms with Crippen LogP contribution in [-0.4, -0.2) is 27.4 Å². The Labute approximate surface area is 269 Å². The Morgan fingerprint density at radius 2 is 1.33 bits per heavy atom. The van der Waals surface area contributed by atoms with Crippen LogP contribution in [0.15, 0.2) is 162 Å². The molecule has 5 heteroatoms. The third-order valence-electron chi connectivity index (χ3n) is 8.76. The van der Waals surface area contributed by atoms with Crippen molar-refractivity contribution in [2.24, 2.45) is 15.9 Å². The summed E-state index contributed by atoms with van der Waals surface area (Å²) in [6, 6.07) is 44.6. The van der Waals surface area contributed by atoms with Crippen molar-refractivity contribution in [2.45, 2.75) is 19.5 Å². The minimum atomic E-state index is -0.0777. The predicted octanol–water partition coefficient (Wildman–Crippen LogP) is 8.92. The molecule has 0 saturated heterocycles. The van der Waals surface area contributed by atoms with Crippen LogP contribution < -0.4 is 5.32 Å². The van der Waals surface area contributed by atoms with Crippen LogP contribution in [0.4, 0.5) is 0 Å². The van der Waals surface area contributed by atoms with Crippen molar-refractivity contribution < 1.29 is 0 Å². The first kappa shape index (κ1) is 27.7. The molecule has 0 spiro atoms. The number of nitrogens with zero attached hydrogens (tertiary/aromatic N) is 4. The summed E-state index contributed by atoms with van der Waals surface area (Å²) in [5, 5.41) is 3.62. The number of aromatic nitrogens is 2. The van der Waals surface area contributed by atoms with Crippen molar-refractivity contribution in [3.8, 4) is 27.9 Å². The van der Waals surface area contributed by atoms with E-state index in [0.29, 0.717) is 0 Å². The highest BCUT2D eigenvalue weighted by Gasteiger charge is 2.25. The number of aryl methyl sites for hydroxylation is 1. The smallest absolute Gasteiger partial charge is 0.159 e. The van der Waals surface area contributed by atoms with E-state index in [1.807, 2.05) is 24.3 Å². The van der Waals surface area contributed by atoms with Gasteiger partial charge in [-0.05, 0) is 59.9 Å². The number of amidine groups is 2. The third kappa shape index (κ3) is 5.37. The van der Waals surface area contributed by atoms with Gasteiger partial charge in [-0.15, -0.1) is 0 Å². The standard InChI is InChI=1S/C41H33N5/c1-28-42-37-17-8-9-18-38(37)46(28)36-16-10-15-35(27-36)31-21-19-29(20-22-31)30-23-25-34(26-24-30)41-44-39(32-11-4-2-5-12-32)43-40(45-41)33-13-6-3-7-14-33/h2-13,15-27,33,40H,14H2,1H3,(H,43,44,45). The third-order valence-corrected chi connectivity index (χ3v) is 8.76. The molecule has 0 radical (unpaired) electrons. The summed E-state index contributed by atoms with van der Waals surface area (Å²) in [6.07, 6.45) is 9.52. The molecule has 2 aliphatic rings. The van der Waals surface area contributed by atoms with Crippen molar-refractivity contribution >= 4 is 22.7 Å². The monoisotopic (exact) mass is 595 g/mol. The first-order valence-electron chi connectivity index (χ1n) is 15.8. The van der Waals surface area contributed by atoms with Crippen LogP contribution in [0.25, 0.3) is 39.0 Å². The quantitative estimate of drug-likeness (QED) is 0.209. The Kier molecular flexibility index (Phi) is 7.19. The van der Waals surface area contributed by atoms with Gasteiger partial charge >= 0.3 is 0 Å². The van der Waals surface area contributed by atoms with E-state index in [9.17, 15) is 0 Å². The Hall–Kier alpha value is -5.81. The van der Waals surface area contributed by atoms with Crippen molar-refractivity contribution in [2.75, 3.05) is 0 Å². The molecule has 222 valence electrons. The highest BCUT2D eigenvalue weighted by Crippen LogP contribution is 2.29. The highest BCUT2D eigenvalue weighted by atomic mass is 15.2. The van der Waals surface area contributed by atoms with Crippen LogP contribution in [0, 0.1) is 12.8 Å². The molecular formula is C41H33N5. The van der Waals surface area contributed by atoms with E-state index in [1.165, 1.54) is 16.7 Å². The van der Waals surface area contributed by atoms with Crippen LogP contribution in [0.3, 0.4) is 0 Å². The van der Waals surface area contributed by atoms with Gasteiger partial charge in [0.05, 0.1) is 11.0 Å². The molecule has 5 aromatic carbocycles. The first-order chi connectivity index (χ1) is 22.7. The number of aliphatic imine (C=N–C) groups is 2. The van der Waals surface area contributed by atoms with Gasteiger partial charge < -0.3 is 5.32 Å². The molecule has 0 fully saturated rings. The molecule has 46 heavy (non-hydrogen) atoms. The molecule has 2 heterocycles. The molecule has 0 amide bonds. The van der Waals surface area contributed by atoms with E-state index in [-0.39, 0.29) is 12.1 Å². The van der Waals surface area contributed by atoms with Crippen LogP contribution in [0.1, 0.15) is 23.4 Å². The molecule has 0 bridgehead atoms. The van der Waals surface area contributed by atoms with E-state index in [1.54, 1.807) is 0 Å². The van der Waals surface area contributed by atoms with E-state index in [2.05, 4.69) is 144 Å². The lowest BCUT2D eigenvalue weighted by Gasteiger charge is -2.28. The highest BCUT2D eigenvalue weighted by molar-refractivity contribution is 6.13. The molecule has 1 aromatic heterocycles. The molecular weight excluding hydrogens is 562 g/mol. The van der Waals surface area contributed by atoms with E-state index in [0.717, 1.165) is 57.3 Å². The summed E-state index contributed by atoms with van der Waals surface area (Å²) >= 11 is 0. The van der Waals surface area contributed by atoms with Gasteiger partial charge in [0, 0.05) is 22.7 Å². The Morgan fingerprint density at radius 1 is 0.652 bits per heavy atom. The lowest BCUT2D eigenvalue weighted by Crippen LogP contribution is -2.43. The Balaban J connectivity index is 1.04. The van der Waals surface area contributed by atoms with Gasteiger partial charge in [-0.1, -0.05) is 127 Å². The van der Waals surface area contributed by atoms with Crippen LogP contribution in [0.5, 0.6) is 0 Å². The molecule has 8 rings (SSSR count). The average molecular weight is 596 g/mol. The molecule has 1 N–H and O–H groups in total. The minimum Gasteiger partial charge on any atom is -0.347 e. The fraction of sp³-hybridized carbons (Fsp3) is 0.0976. The Morgan fingerprint density at radius 3 is 2.07 bits per heavy atom. The van der Waals surface area contributed by atoms with Gasteiger partial charge in [-0.3, -0.25) is 4.57 Å². The van der Waals surface area contributed by atoms with Gasteiger partial charge in [0.25, 0.3) is 0 Å². The molecule has 2 unspecified atom stereocenters. The largest absolute Gasteiger partial charge is 0.347 e. The number of benzene rings is 5. The fourth-order valence-corrected chi connectivity index (χ4v) is 6.35. The second-order valence-corrected chi connectivity index (χ2v) is 11.8. The summed E-state index contributed by atoms with van der Waals surface area (Å²) < 4.78 is 2.22. The van der Waals surface area contributed by atoms with Gasteiger partial charge in [-0.25, -0.2) is 15.0 Å². The summed E-state index contributed by atoms with van der Waals surface area (Å²) in [5.74, 6) is 2.87. The zero-order chi connectivity index (χ0) is 30.9. The average Bonchev–Trinajstić information content (AvgIpc) is 3.48. The van der Waals surface area contributed by atoms with Gasteiger partial charge in [-0.2, -0.15) is 0 Å². The predicted molar refractivity (Wildman–Crippen MR) is 190 cm³/mol. The normalized spacial score (nSPS) is 17.4. The van der Waals surface area contributed by atoms with E-state index in [4.69, 9.17) is 15.0 Å². The first-order valence-corrected chi connectivity index (χ1v) is 15.8. The van der Waals surface area contributed by atoms with E-state index >= 15 is 0 Å². The van der Waals surface area contributed by atoms with Crippen molar-refractivity contribution in [1.29, 1.82) is 0 Å². The van der Waals surface area contributed by atoms with Crippen molar-refractivity contribution in [1.82, 2.24) is 14.9 Å². The molecule has 1 aliphatic heterocycles. The summed E-state index contributed by atoms with van der Waals surface area (Å²) in [7, 11) is 0. The number of rotatable bonds is 6. The van der Waals surface area contributed by atoms with Crippen LogP contribution in [0.2, 0.25) is 0 Å². The number of allylic oxidation sites excluding steroid dienone is 3. The van der Waals surface area contributed by atoms with Crippen molar-refractivity contribution in [3.63, 3.8) is 0 Å². The van der Waals surface area contributed by atoms with E-state index < -0.39 is 0 Å². The summed E-state index contributed by atoms with van der Waals surface area (Å²) in [4.78, 5) is 14.7. The molecule has 0 saturated carbocycles. The lowest BCUT2D eigenvalue weighted by molar-refractivity contribution is 0.475. The molecule has 6 aromatic rings. The number of hydrogen-bond acceptors (Lipinski definition) is 4. The van der Waals surface area contributed by atoms with Gasteiger partial charge in [0.1, 0.15) is 17.8 Å². The molecule has 2 atom stereocenters. The minimum absolute atomic E-state index is 0.0777. The molecule has 5 nitrogen and oxygen atoms in total. The Bertz CT molecular complexity index is 2150. The number of hydrogen-bond donors (Lipinski definition) is 1. The maximum Gasteiger partial charge on any atom is 0.159 e. The molecule has 1 aliphatic carbocycles. The maximum atomic E-state index is 5.02. The number of para-hydroxylation sites is 2. The topological polar surface area (TPSA) is 54.6 Å². The fourth-order valence-electron chi connectivity index (χ4n) is 6.35. The van der Waals surface area contributed by atoms with Gasteiger partial charge in [0.15, 0.2) is 5.84 Å². The summed E-state index contributed by atoms with van der Waals surface area (Å²) in [5.41, 5.74) is 9.99. The second-order valence-electron chi connectivity index (χ2n) is 11.8. The van der Waals surface area contributed by atoms with Crippen LogP contribution in [-0.2, 0) is 0 Å².